The van der Waals surface area contributed by atoms with E-state index in [0.29, 0.717) is 10.8 Å². The molecule has 6 heteroatoms. The zero-order valence-electron chi connectivity index (χ0n) is 11.5. The Morgan fingerprint density at radius 2 is 2.19 bits per heavy atom. The van der Waals surface area contributed by atoms with Crippen LogP contribution < -0.4 is 5.32 Å². The van der Waals surface area contributed by atoms with E-state index >= 15 is 0 Å². The maximum absolute atomic E-state index is 13.4. The van der Waals surface area contributed by atoms with Gasteiger partial charge in [-0.3, -0.25) is 4.98 Å². The van der Waals surface area contributed by atoms with Gasteiger partial charge in [-0.1, -0.05) is 17.7 Å². The third-order valence-corrected chi connectivity index (χ3v) is 3.67. The van der Waals surface area contributed by atoms with Crippen molar-refractivity contribution in [1.29, 1.82) is 0 Å². The number of hydrogen-bond acceptors (Lipinski definition) is 2. The summed E-state index contributed by atoms with van der Waals surface area (Å²) in [6.07, 6.45) is 2.55. The smallest absolute Gasteiger partial charge is 0.173 e. The predicted octanol–water partition coefficient (Wildman–Crippen LogP) is 3.75. The largest absolute Gasteiger partial charge is 0.352 e. The zero-order chi connectivity index (χ0) is 15.2. The van der Waals surface area contributed by atoms with E-state index in [-0.39, 0.29) is 5.02 Å². The highest BCUT2D eigenvalue weighted by Crippen LogP contribution is 2.18. The number of pyridine rings is 1. The lowest BCUT2D eigenvalue weighted by molar-refractivity contribution is 0.512. The molecule has 21 heavy (non-hydrogen) atoms. The Bertz CT molecular complexity index is 622. The molecule has 0 unspecified atom stereocenters. The van der Waals surface area contributed by atoms with Crippen LogP contribution in [-0.2, 0) is 6.42 Å². The first kappa shape index (κ1) is 15.7. The SMILES string of the molecule is CN(CCc1ccccn1)C(=S)Nc1ccc(Cl)c(F)c1. The van der Waals surface area contributed by atoms with Crippen LogP contribution in [0.5, 0.6) is 0 Å². The summed E-state index contributed by atoms with van der Waals surface area (Å²) in [6.45, 7) is 0.721. The Morgan fingerprint density at radius 1 is 1.38 bits per heavy atom. The van der Waals surface area contributed by atoms with Crippen LogP contribution in [0, 0.1) is 5.82 Å². The van der Waals surface area contributed by atoms with Gasteiger partial charge in [0, 0.05) is 37.6 Å². The minimum atomic E-state index is -0.472. The number of likely N-dealkylation sites (N-methyl/N-ethyl adjacent to an activating group) is 1. The van der Waals surface area contributed by atoms with Crippen LogP contribution in [0.25, 0.3) is 0 Å². The first-order chi connectivity index (χ1) is 10.1. The van der Waals surface area contributed by atoms with Gasteiger partial charge >= 0.3 is 0 Å². The fraction of sp³-hybridized carbons (Fsp3) is 0.200. The Balaban J connectivity index is 1.89. The van der Waals surface area contributed by atoms with Crippen molar-refractivity contribution >= 4 is 34.6 Å². The molecule has 2 rings (SSSR count). The first-order valence-corrected chi connectivity index (χ1v) is 7.22. The van der Waals surface area contributed by atoms with Crippen molar-refractivity contribution in [2.24, 2.45) is 0 Å². The van der Waals surface area contributed by atoms with E-state index < -0.39 is 5.82 Å². The van der Waals surface area contributed by atoms with Gasteiger partial charge in [0.05, 0.1) is 5.02 Å². The lowest BCUT2D eigenvalue weighted by Gasteiger charge is -2.21. The second-order valence-corrected chi connectivity index (χ2v) is 5.35. The van der Waals surface area contributed by atoms with E-state index in [9.17, 15) is 4.39 Å². The molecule has 0 atom stereocenters. The van der Waals surface area contributed by atoms with Gasteiger partial charge in [-0.15, -0.1) is 0 Å². The fourth-order valence-electron chi connectivity index (χ4n) is 1.72. The Kier molecular flexibility index (Phi) is 5.47. The summed E-state index contributed by atoms with van der Waals surface area (Å²) in [4.78, 5) is 6.15. The first-order valence-electron chi connectivity index (χ1n) is 6.43. The second-order valence-electron chi connectivity index (χ2n) is 4.55. The highest BCUT2D eigenvalue weighted by atomic mass is 35.5. The van der Waals surface area contributed by atoms with Gasteiger partial charge in [-0.05, 0) is 42.5 Å². The number of nitrogens with zero attached hydrogens (tertiary/aromatic N) is 2. The average Bonchev–Trinajstić information content (AvgIpc) is 2.49. The molecule has 0 spiro atoms. The normalized spacial score (nSPS) is 10.2. The van der Waals surface area contributed by atoms with E-state index in [1.165, 1.54) is 12.1 Å². The van der Waals surface area contributed by atoms with Crippen molar-refractivity contribution in [2.45, 2.75) is 6.42 Å². The van der Waals surface area contributed by atoms with Crippen molar-refractivity contribution in [2.75, 3.05) is 18.9 Å². The minimum Gasteiger partial charge on any atom is -0.352 e. The lowest BCUT2D eigenvalue weighted by atomic mass is 10.2. The maximum Gasteiger partial charge on any atom is 0.173 e. The van der Waals surface area contributed by atoms with Crippen molar-refractivity contribution in [3.8, 4) is 0 Å². The summed E-state index contributed by atoms with van der Waals surface area (Å²) >= 11 is 10.9. The molecule has 3 nitrogen and oxygen atoms in total. The van der Waals surface area contributed by atoms with Gasteiger partial charge in [-0.2, -0.15) is 0 Å². The van der Waals surface area contributed by atoms with Crippen LogP contribution in [0.3, 0.4) is 0 Å². The third kappa shape index (κ3) is 4.65. The van der Waals surface area contributed by atoms with E-state index in [2.05, 4.69) is 10.3 Å². The van der Waals surface area contributed by atoms with Gasteiger partial charge in [0.25, 0.3) is 0 Å². The topological polar surface area (TPSA) is 28.2 Å². The molecule has 0 aliphatic rings. The number of anilines is 1. The molecule has 0 saturated heterocycles. The Hall–Kier alpha value is -1.72. The van der Waals surface area contributed by atoms with E-state index in [4.69, 9.17) is 23.8 Å². The number of thiocarbonyl (C=S) groups is 1. The average molecular weight is 324 g/mol. The molecule has 0 amide bonds. The molecule has 1 heterocycles. The van der Waals surface area contributed by atoms with E-state index in [1.807, 2.05) is 30.1 Å². The molecule has 2 aromatic rings. The summed E-state index contributed by atoms with van der Waals surface area (Å²) in [5.41, 5.74) is 1.58. The molecular formula is C15H15ClFN3S. The predicted molar refractivity (Wildman–Crippen MR) is 88.2 cm³/mol. The third-order valence-electron chi connectivity index (χ3n) is 2.95. The summed E-state index contributed by atoms with van der Waals surface area (Å²) in [5, 5.41) is 3.60. The molecule has 0 saturated carbocycles. The van der Waals surface area contributed by atoms with E-state index in [0.717, 1.165) is 18.7 Å². The standard InChI is InChI=1S/C15H15ClFN3S/c1-20(9-7-11-4-2-3-8-18-11)15(21)19-12-5-6-13(16)14(17)10-12/h2-6,8,10H,7,9H2,1H3,(H,19,21). The molecule has 0 fully saturated rings. The van der Waals surface area contributed by atoms with Crippen LogP contribution in [0.1, 0.15) is 5.69 Å². The summed E-state index contributed by atoms with van der Waals surface area (Å²) in [5.74, 6) is -0.472. The van der Waals surface area contributed by atoms with E-state index in [1.54, 1.807) is 12.3 Å². The molecular weight excluding hydrogens is 309 g/mol. The van der Waals surface area contributed by atoms with Crippen molar-refractivity contribution in [3.63, 3.8) is 0 Å². The minimum absolute atomic E-state index is 0.0926. The monoisotopic (exact) mass is 323 g/mol. The Morgan fingerprint density at radius 3 is 2.86 bits per heavy atom. The molecule has 0 bridgehead atoms. The molecule has 110 valence electrons. The number of nitrogens with one attached hydrogen (secondary N) is 1. The van der Waals surface area contributed by atoms with Crippen LogP contribution >= 0.6 is 23.8 Å². The van der Waals surface area contributed by atoms with Crippen LogP contribution in [0.15, 0.2) is 42.6 Å². The van der Waals surface area contributed by atoms with Gasteiger partial charge in [0.15, 0.2) is 5.11 Å². The summed E-state index contributed by atoms with van der Waals surface area (Å²) in [7, 11) is 1.88. The molecule has 1 aromatic carbocycles. The van der Waals surface area contributed by atoms with Crippen LogP contribution in [-0.4, -0.2) is 28.6 Å². The molecule has 0 radical (unpaired) electrons. The molecule has 0 aliphatic heterocycles. The quantitative estimate of drug-likeness (QED) is 0.867. The zero-order valence-corrected chi connectivity index (χ0v) is 13.1. The molecule has 0 aliphatic carbocycles. The number of benzene rings is 1. The van der Waals surface area contributed by atoms with Crippen molar-refractivity contribution in [1.82, 2.24) is 9.88 Å². The Labute approximate surface area is 133 Å². The highest BCUT2D eigenvalue weighted by Gasteiger charge is 2.07. The van der Waals surface area contributed by atoms with Gasteiger partial charge in [-0.25, -0.2) is 4.39 Å². The number of rotatable bonds is 4. The summed E-state index contributed by atoms with van der Waals surface area (Å²) in [6, 6.07) is 10.3. The number of halogens is 2. The van der Waals surface area contributed by atoms with Crippen molar-refractivity contribution < 1.29 is 4.39 Å². The van der Waals surface area contributed by atoms with Crippen LogP contribution in [0.2, 0.25) is 5.02 Å². The van der Waals surface area contributed by atoms with Crippen molar-refractivity contribution in [3.05, 3.63) is 59.1 Å². The summed E-state index contributed by atoms with van der Waals surface area (Å²) < 4.78 is 13.4. The van der Waals surface area contributed by atoms with Gasteiger partial charge in [0.2, 0.25) is 0 Å². The highest BCUT2D eigenvalue weighted by molar-refractivity contribution is 7.80. The lowest BCUT2D eigenvalue weighted by Crippen LogP contribution is -2.32. The molecule has 1 aromatic heterocycles. The second kappa shape index (κ2) is 7.33. The number of hydrogen-bond donors (Lipinski definition) is 1. The van der Waals surface area contributed by atoms with Gasteiger partial charge in [0.1, 0.15) is 5.82 Å². The van der Waals surface area contributed by atoms with Crippen LogP contribution in [0.4, 0.5) is 10.1 Å². The maximum atomic E-state index is 13.4. The number of aromatic nitrogens is 1. The molecule has 1 N–H and O–H groups in total. The van der Waals surface area contributed by atoms with Gasteiger partial charge < -0.3 is 10.2 Å². The fourth-order valence-corrected chi connectivity index (χ4v) is 2.05.